The van der Waals surface area contributed by atoms with Gasteiger partial charge in [0, 0.05) is 10.6 Å². The first-order valence-corrected chi connectivity index (χ1v) is 4.28. The van der Waals surface area contributed by atoms with Crippen molar-refractivity contribution in [1.29, 1.82) is 0 Å². The normalized spacial score (nSPS) is 11.4. The predicted molar refractivity (Wildman–Crippen MR) is 62.4 cm³/mol. The monoisotopic (exact) mass is 233 g/mol. The van der Waals surface area contributed by atoms with E-state index >= 15 is 0 Å². The van der Waals surface area contributed by atoms with Crippen molar-refractivity contribution in [3.63, 3.8) is 0 Å². The topological polar surface area (TPSA) is 35.2 Å². The maximum atomic E-state index is 5.83. The lowest BCUT2D eigenvalue weighted by Crippen LogP contribution is -2.08. The summed E-state index contributed by atoms with van der Waals surface area (Å²) in [6.45, 7) is 3.62. The van der Waals surface area contributed by atoms with Crippen molar-refractivity contribution in [3.8, 4) is 5.75 Å². The predicted octanol–water partition coefficient (Wildman–Crippen LogP) is 2.96. The summed E-state index contributed by atoms with van der Waals surface area (Å²) in [6, 6.07) is 5.10. The van der Waals surface area contributed by atoms with Crippen molar-refractivity contribution < 1.29 is 4.74 Å². The van der Waals surface area contributed by atoms with Crippen LogP contribution in [0.5, 0.6) is 5.75 Å². The van der Waals surface area contributed by atoms with E-state index in [1.807, 2.05) is 0 Å². The Labute approximate surface area is 95.1 Å². The molecule has 0 amide bonds. The fraction of sp³-hybridized carbons (Fsp3) is 0.200. The van der Waals surface area contributed by atoms with Gasteiger partial charge in [-0.05, 0) is 18.2 Å². The lowest BCUT2D eigenvalue weighted by Gasteiger charge is -2.12. The highest BCUT2D eigenvalue weighted by atomic mass is 35.5. The summed E-state index contributed by atoms with van der Waals surface area (Å²) in [5.74, 6) is 0.733. The Morgan fingerprint density at radius 2 is 2.21 bits per heavy atom. The van der Waals surface area contributed by atoms with Gasteiger partial charge >= 0.3 is 0 Å². The molecule has 0 fully saturated rings. The number of benzene rings is 1. The van der Waals surface area contributed by atoms with Crippen LogP contribution in [0.3, 0.4) is 0 Å². The first-order valence-electron chi connectivity index (χ1n) is 3.90. The van der Waals surface area contributed by atoms with Crippen molar-refractivity contribution >= 4 is 24.0 Å². The fourth-order valence-corrected chi connectivity index (χ4v) is 1.27. The van der Waals surface area contributed by atoms with Gasteiger partial charge in [-0.1, -0.05) is 17.7 Å². The van der Waals surface area contributed by atoms with E-state index in [1.165, 1.54) is 0 Å². The number of hydrogen-bond donors (Lipinski definition) is 1. The Hall–Kier alpha value is -0.700. The molecule has 0 aliphatic heterocycles. The molecule has 0 heterocycles. The summed E-state index contributed by atoms with van der Waals surface area (Å²) in [5.41, 5.74) is 6.63. The van der Waals surface area contributed by atoms with E-state index in [1.54, 1.807) is 31.4 Å². The minimum absolute atomic E-state index is 0. The van der Waals surface area contributed by atoms with Gasteiger partial charge in [-0.3, -0.25) is 0 Å². The van der Waals surface area contributed by atoms with Gasteiger partial charge in [0.25, 0.3) is 0 Å². The zero-order valence-corrected chi connectivity index (χ0v) is 9.44. The van der Waals surface area contributed by atoms with Crippen molar-refractivity contribution in [1.82, 2.24) is 0 Å². The van der Waals surface area contributed by atoms with Crippen LogP contribution >= 0.6 is 24.0 Å². The summed E-state index contributed by atoms with van der Waals surface area (Å²) in [7, 11) is 1.60. The molecule has 1 aromatic rings. The van der Waals surface area contributed by atoms with E-state index < -0.39 is 0 Å². The molecule has 0 saturated carbocycles. The van der Waals surface area contributed by atoms with Gasteiger partial charge in [-0.2, -0.15) is 0 Å². The minimum atomic E-state index is -0.242. The number of hydrogen-bond acceptors (Lipinski definition) is 2. The second-order valence-electron chi connectivity index (χ2n) is 2.65. The summed E-state index contributed by atoms with van der Waals surface area (Å²) in [6.07, 6.45) is 1.65. The maximum absolute atomic E-state index is 5.83. The van der Waals surface area contributed by atoms with Crippen LogP contribution in [-0.2, 0) is 0 Å². The second-order valence-corrected chi connectivity index (χ2v) is 3.08. The molecule has 0 spiro atoms. The summed E-state index contributed by atoms with van der Waals surface area (Å²) < 4.78 is 5.14. The van der Waals surface area contributed by atoms with Gasteiger partial charge in [0.1, 0.15) is 5.75 Å². The zero-order valence-electron chi connectivity index (χ0n) is 7.87. The molecule has 4 heteroatoms. The third-order valence-corrected chi connectivity index (χ3v) is 2.04. The smallest absolute Gasteiger partial charge is 0.124 e. The molecule has 0 aromatic heterocycles. The quantitative estimate of drug-likeness (QED) is 0.816. The van der Waals surface area contributed by atoms with Crippen LogP contribution in [0.15, 0.2) is 30.9 Å². The SMILES string of the molecule is C=C[C@@H](N)c1cc(Cl)ccc1OC.Cl. The summed E-state index contributed by atoms with van der Waals surface area (Å²) in [5, 5.41) is 0.646. The molecule has 0 bridgehead atoms. The standard InChI is InChI=1S/C10H12ClNO.ClH/c1-3-9(12)8-6-7(11)4-5-10(8)13-2;/h3-6,9H,1,12H2,2H3;1H/t9-;/m1./s1. The van der Waals surface area contributed by atoms with E-state index in [0.717, 1.165) is 11.3 Å². The molecule has 0 aliphatic rings. The Kier molecular flexibility index (Phi) is 5.62. The minimum Gasteiger partial charge on any atom is -0.496 e. The second kappa shape index (κ2) is 5.91. The van der Waals surface area contributed by atoms with Crippen LogP contribution in [0.2, 0.25) is 5.02 Å². The number of halogens is 2. The number of methoxy groups -OCH3 is 1. The van der Waals surface area contributed by atoms with Gasteiger partial charge in [-0.15, -0.1) is 19.0 Å². The van der Waals surface area contributed by atoms with Crippen molar-refractivity contribution in [2.45, 2.75) is 6.04 Å². The molecule has 0 aliphatic carbocycles. The molecular weight excluding hydrogens is 221 g/mol. The Morgan fingerprint density at radius 3 is 2.71 bits per heavy atom. The van der Waals surface area contributed by atoms with Gasteiger partial charge in [0.2, 0.25) is 0 Å². The molecule has 1 atom stereocenters. The molecule has 78 valence electrons. The summed E-state index contributed by atoms with van der Waals surface area (Å²) in [4.78, 5) is 0. The van der Waals surface area contributed by atoms with E-state index in [9.17, 15) is 0 Å². The van der Waals surface area contributed by atoms with Crippen LogP contribution in [-0.4, -0.2) is 7.11 Å². The average Bonchev–Trinajstić information content (AvgIpc) is 2.16. The molecule has 14 heavy (non-hydrogen) atoms. The largest absolute Gasteiger partial charge is 0.496 e. The van der Waals surface area contributed by atoms with Crippen LogP contribution < -0.4 is 10.5 Å². The molecule has 0 unspecified atom stereocenters. The molecule has 2 N–H and O–H groups in total. The molecule has 1 aromatic carbocycles. The van der Waals surface area contributed by atoms with Crippen molar-refractivity contribution in [3.05, 3.63) is 41.4 Å². The third-order valence-electron chi connectivity index (χ3n) is 1.80. The average molecular weight is 234 g/mol. The zero-order chi connectivity index (χ0) is 9.84. The Morgan fingerprint density at radius 1 is 1.57 bits per heavy atom. The number of rotatable bonds is 3. The number of nitrogens with two attached hydrogens (primary N) is 1. The first-order chi connectivity index (χ1) is 6.19. The van der Waals surface area contributed by atoms with Gasteiger partial charge < -0.3 is 10.5 Å². The Balaban J connectivity index is 0.00000169. The van der Waals surface area contributed by atoms with Crippen LogP contribution in [0, 0.1) is 0 Å². The highest BCUT2D eigenvalue weighted by Gasteiger charge is 2.08. The molecular formula is C10H13Cl2NO. The third kappa shape index (κ3) is 2.91. The molecule has 1 rings (SSSR count). The lowest BCUT2D eigenvalue weighted by molar-refractivity contribution is 0.408. The molecule has 0 saturated heterocycles. The van der Waals surface area contributed by atoms with Crippen LogP contribution in [0.1, 0.15) is 11.6 Å². The van der Waals surface area contributed by atoms with E-state index in [2.05, 4.69) is 6.58 Å². The van der Waals surface area contributed by atoms with Crippen LogP contribution in [0.4, 0.5) is 0 Å². The lowest BCUT2D eigenvalue weighted by atomic mass is 10.1. The van der Waals surface area contributed by atoms with Crippen molar-refractivity contribution in [2.24, 2.45) is 5.73 Å². The highest BCUT2D eigenvalue weighted by molar-refractivity contribution is 6.30. The van der Waals surface area contributed by atoms with E-state index in [4.69, 9.17) is 22.1 Å². The van der Waals surface area contributed by atoms with Crippen molar-refractivity contribution in [2.75, 3.05) is 7.11 Å². The van der Waals surface area contributed by atoms with E-state index in [0.29, 0.717) is 5.02 Å². The van der Waals surface area contributed by atoms with Gasteiger partial charge in [0.05, 0.1) is 13.2 Å². The number of ether oxygens (including phenoxy) is 1. The maximum Gasteiger partial charge on any atom is 0.124 e. The van der Waals surface area contributed by atoms with Crippen LogP contribution in [0.25, 0.3) is 0 Å². The summed E-state index contributed by atoms with van der Waals surface area (Å²) >= 11 is 5.83. The van der Waals surface area contributed by atoms with Gasteiger partial charge in [-0.25, -0.2) is 0 Å². The highest BCUT2D eigenvalue weighted by Crippen LogP contribution is 2.27. The van der Waals surface area contributed by atoms with Gasteiger partial charge in [0.15, 0.2) is 0 Å². The first kappa shape index (κ1) is 13.3. The molecule has 0 radical (unpaired) electrons. The Bertz CT molecular complexity index is 315. The fourth-order valence-electron chi connectivity index (χ4n) is 1.09. The molecule has 2 nitrogen and oxygen atoms in total. The van der Waals surface area contributed by atoms with E-state index in [-0.39, 0.29) is 18.4 Å².